The minimum atomic E-state index is -0.315. The van der Waals surface area contributed by atoms with E-state index < -0.39 is 0 Å². The van der Waals surface area contributed by atoms with Gasteiger partial charge in [-0.05, 0) is 48.1 Å². The number of fused-ring (bicyclic) bond motifs is 3. The van der Waals surface area contributed by atoms with E-state index in [1.54, 1.807) is 22.8 Å². The molecule has 0 amide bonds. The van der Waals surface area contributed by atoms with Crippen molar-refractivity contribution in [2.75, 3.05) is 0 Å². The van der Waals surface area contributed by atoms with E-state index in [0.717, 1.165) is 21.5 Å². The number of hydrogen-bond acceptors (Lipinski definition) is 3. The molecule has 5 rings (SSSR count). The van der Waals surface area contributed by atoms with Crippen LogP contribution in [0, 0.1) is 9.77 Å². The van der Waals surface area contributed by atoms with Crippen molar-refractivity contribution < 1.29 is 4.39 Å². The molecule has 30 heavy (non-hydrogen) atoms. The first-order chi connectivity index (χ1) is 14.5. The summed E-state index contributed by atoms with van der Waals surface area (Å²) in [4.78, 5) is 14.3. The number of aromatic nitrogens is 2. The van der Waals surface area contributed by atoms with Gasteiger partial charge in [0.1, 0.15) is 11.5 Å². The van der Waals surface area contributed by atoms with Gasteiger partial charge >= 0.3 is 0 Å². The van der Waals surface area contributed by atoms with Crippen LogP contribution in [-0.2, 0) is 6.54 Å². The molecule has 0 aliphatic carbocycles. The summed E-state index contributed by atoms with van der Waals surface area (Å²) in [5.41, 5.74) is 2.95. The molecule has 7 heteroatoms. The minimum absolute atomic E-state index is 0.129. The van der Waals surface area contributed by atoms with Gasteiger partial charge in [-0.3, -0.25) is 13.8 Å². The van der Waals surface area contributed by atoms with Crippen LogP contribution in [0.5, 0.6) is 0 Å². The number of thiazole rings is 1. The van der Waals surface area contributed by atoms with Crippen molar-refractivity contribution in [2.45, 2.75) is 6.54 Å². The van der Waals surface area contributed by atoms with Gasteiger partial charge in [-0.2, -0.15) is 0 Å². The summed E-state index contributed by atoms with van der Waals surface area (Å²) in [6, 6.07) is 21.1. The summed E-state index contributed by atoms with van der Waals surface area (Å²) in [7, 11) is 0. The number of para-hydroxylation sites is 1. The fraction of sp³-hybridized carbons (Fsp3) is 0.0435. The van der Waals surface area contributed by atoms with Gasteiger partial charge in [0.2, 0.25) is 0 Å². The zero-order chi connectivity index (χ0) is 20.8. The molecule has 2 heterocycles. The topological polar surface area (TPSA) is 26.4 Å². The van der Waals surface area contributed by atoms with Gasteiger partial charge in [-0.1, -0.05) is 54.1 Å². The van der Waals surface area contributed by atoms with Gasteiger partial charge < -0.3 is 0 Å². The second-order valence-corrected chi connectivity index (χ2v) is 8.92. The Bertz CT molecular complexity index is 1530. The van der Waals surface area contributed by atoms with Gasteiger partial charge in [0.25, 0.3) is 5.56 Å². The van der Waals surface area contributed by atoms with Crippen LogP contribution in [-0.4, -0.2) is 8.97 Å². The van der Waals surface area contributed by atoms with E-state index in [-0.39, 0.29) is 17.9 Å². The standard InChI is InChI=1S/C23H14ClFN2OS2/c24-18-7-3-1-5-16(18)20-21-26(13-14-9-11-15(25)12-10-14)22(28)17-6-2-4-8-19(17)27(21)23(29)30-20/h1-12H,13H2. The highest BCUT2D eigenvalue weighted by molar-refractivity contribution is 7.73. The van der Waals surface area contributed by atoms with Crippen molar-refractivity contribution in [3.63, 3.8) is 0 Å². The van der Waals surface area contributed by atoms with Crippen LogP contribution in [0.4, 0.5) is 4.39 Å². The Hall–Kier alpha value is -2.80. The van der Waals surface area contributed by atoms with E-state index in [9.17, 15) is 9.18 Å². The smallest absolute Gasteiger partial charge is 0.261 e. The molecule has 2 aromatic heterocycles. The maximum atomic E-state index is 13.5. The Morgan fingerprint density at radius 3 is 2.43 bits per heavy atom. The first-order valence-electron chi connectivity index (χ1n) is 9.21. The van der Waals surface area contributed by atoms with Crippen LogP contribution in [0.2, 0.25) is 5.02 Å². The van der Waals surface area contributed by atoms with Crippen LogP contribution >= 0.6 is 35.2 Å². The average Bonchev–Trinajstić information content (AvgIpc) is 3.10. The summed E-state index contributed by atoms with van der Waals surface area (Å²) >= 11 is 13.6. The number of benzene rings is 3. The summed E-state index contributed by atoms with van der Waals surface area (Å²) in [5.74, 6) is -0.315. The molecule has 0 unspecified atom stereocenters. The van der Waals surface area contributed by atoms with E-state index in [0.29, 0.717) is 20.0 Å². The molecule has 0 fully saturated rings. The molecule has 3 aromatic carbocycles. The normalized spacial score (nSPS) is 11.4. The predicted molar refractivity (Wildman–Crippen MR) is 124 cm³/mol. The van der Waals surface area contributed by atoms with Crippen molar-refractivity contribution in [2.24, 2.45) is 0 Å². The van der Waals surface area contributed by atoms with Crippen LogP contribution in [0.25, 0.3) is 27.0 Å². The van der Waals surface area contributed by atoms with Crippen LogP contribution in [0.3, 0.4) is 0 Å². The second kappa shape index (κ2) is 7.47. The third-order valence-corrected chi connectivity index (χ3v) is 6.76. The Balaban J connectivity index is 1.92. The molecule has 0 aliphatic rings. The Morgan fingerprint density at radius 2 is 1.67 bits per heavy atom. The fourth-order valence-electron chi connectivity index (χ4n) is 3.65. The Labute approximate surface area is 185 Å². The largest absolute Gasteiger partial charge is 0.288 e. The molecule has 0 saturated heterocycles. The third-order valence-electron chi connectivity index (χ3n) is 5.04. The molecule has 0 radical (unpaired) electrons. The molecule has 0 bridgehead atoms. The van der Waals surface area contributed by atoms with Crippen molar-refractivity contribution in [3.8, 4) is 10.4 Å². The maximum absolute atomic E-state index is 13.5. The van der Waals surface area contributed by atoms with Crippen LogP contribution in [0.1, 0.15) is 5.56 Å². The van der Waals surface area contributed by atoms with Crippen molar-refractivity contribution in [1.82, 2.24) is 8.97 Å². The lowest BCUT2D eigenvalue weighted by Crippen LogP contribution is -2.23. The first-order valence-corrected chi connectivity index (χ1v) is 10.8. The predicted octanol–water partition coefficient (Wildman–Crippen LogP) is 6.55. The fourth-order valence-corrected chi connectivity index (χ4v) is 5.41. The first kappa shape index (κ1) is 19.2. The SMILES string of the molecule is O=c1c2ccccc2n2c(=S)sc(-c3ccccc3Cl)c2n1Cc1ccc(F)cc1. The number of halogens is 2. The summed E-state index contributed by atoms with van der Waals surface area (Å²) < 4.78 is 17.7. The highest BCUT2D eigenvalue weighted by Crippen LogP contribution is 2.37. The molecule has 0 spiro atoms. The van der Waals surface area contributed by atoms with E-state index in [2.05, 4.69) is 0 Å². The van der Waals surface area contributed by atoms with Crippen molar-refractivity contribution in [1.29, 1.82) is 0 Å². The zero-order valence-corrected chi connectivity index (χ0v) is 17.9. The molecule has 3 nitrogen and oxygen atoms in total. The molecule has 0 saturated carbocycles. The van der Waals surface area contributed by atoms with Gasteiger partial charge in [0.05, 0.1) is 22.3 Å². The monoisotopic (exact) mass is 452 g/mol. The Kier molecular flexibility index (Phi) is 4.77. The average molecular weight is 453 g/mol. The molecule has 0 aliphatic heterocycles. The highest BCUT2D eigenvalue weighted by Gasteiger charge is 2.19. The molecule has 0 N–H and O–H groups in total. The van der Waals surface area contributed by atoms with Gasteiger partial charge in [0.15, 0.2) is 3.95 Å². The van der Waals surface area contributed by atoms with Crippen molar-refractivity contribution in [3.05, 3.63) is 104 Å². The number of rotatable bonds is 3. The van der Waals surface area contributed by atoms with E-state index in [4.69, 9.17) is 23.8 Å². The van der Waals surface area contributed by atoms with Crippen LogP contribution in [0.15, 0.2) is 77.6 Å². The minimum Gasteiger partial charge on any atom is -0.288 e. The lowest BCUT2D eigenvalue weighted by atomic mass is 10.1. The number of hydrogen-bond donors (Lipinski definition) is 0. The zero-order valence-electron chi connectivity index (χ0n) is 15.5. The molecule has 5 aromatic rings. The van der Waals surface area contributed by atoms with Gasteiger partial charge in [-0.15, -0.1) is 11.3 Å². The molecule has 0 atom stereocenters. The summed E-state index contributed by atoms with van der Waals surface area (Å²) in [5, 5.41) is 1.16. The molecule has 148 valence electrons. The van der Waals surface area contributed by atoms with E-state index in [1.807, 2.05) is 46.9 Å². The molecular weight excluding hydrogens is 439 g/mol. The van der Waals surface area contributed by atoms with E-state index in [1.165, 1.54) is 23.5 Å². The summed E-state index contributed by atoms with van der Waals surface area (Å²) in [6.07, 6.45) is 0. The lowest BCUT2D eigenvalue weighted by molar-refractivity contribution is 0.626. The maximum Gasteiger partial charge on any atom is 0.261 e. The third kappa shape index (κ3) is 3.08. The van der Waals surface area contributed by atoms with Crippen LogP contribution < -0.4 is 5.56 Å². The van der Waals surface area contributed by atoms with Crippen molar-refractivity contribution >= 4 is 51.7 Å². The van der Waals surface area contributed by atoms with Gasteiger partial charge in [-0.25, -0.2) is 4.39 Å². The molecular formula is C23H14ClFN2OS2. The quantitative estimate of drug-likeness (QED) is 0.290. The van der Waals surface area contributed by atoms with Gasteiger partial charge in [0, 0.05) is 10.6 Å². The Morgan fingerprint density at radius 1 is 0.967 bits per heavy atom. The lowest BCUT2D eigenvalue weighted by Gasteiger charge is -2.14. The second-order valence-electron chi connectivity index (χ2n) is 6.87. The number of nitrogens with zero attached hydrogens (tertiary/aromatic N) is 2. The van der Waals surface area contributed by atoms with E-state index >= 15 is 0 Å². The highest BCUT2D eigenvalue weighted by atomic mass is 35.5. The summed E-state index contributed by atoms with van der Waals surface area (Å²) in [6.45, 7) is 0.288.